The molecule has 0 heterocycles. The SMILES string of the molecule is CN(CCN)S(=O)(=O)c1c(F)cc(F)cc1F. The van der Waals surface area contributed by atoms with Crippen molar-refractivity contribution in [1.82, 2.24) is 4.31 Å². The zero-order valence-corrected chi connectivity index (χ0v) is 9.77. The lowest BCUT2D eigenvalue weighted by atomic mass is 10.3. The highest BCUT2D eigenvalue weighted by Gasteiger charge is 2.28. The number of rotatable bonds is 4. The van der Waals surface area contributed by atoms with Gasteiger partial charge in [0.2, 0.25) is 10.0 Å². The average Bonchev–Trinajstić information content (AvgIpc) is 2.15. The van der Waals surface area contributed by atoms with Gasteiger partial charge >= 0.3 is 0 Å². The molecule has 0 radical (unpaired) electrons. The molecule has 4 nitrogen and oxygen atoms in total. The van der Waals surface area contributed by atoms with E-state index < -0.39 is 32.4 Å². The summed E-state index contributed by atoms with van der Waals surface area (Å²) in [6.45, 7) is -0.0985. The van der Waals surface area contributed by atoms with E-state index in [1.807, 2.05) is 0 Å². The van der Waals surface area contributed by atoms with Gasteiger partial charge in [0.25, 0.3) is 0 Å². The van der Waals surface area contributed by atoms with Crippen LogP contribution in [0.5, 0.6) is 0 Å². The van der Waals surface area contributed by atoms with Gasteiger partial charge in [0, 0.05) is 32.3 Å². The van der Waals surface area contributed by atoms with Crippen molar-refractivity contribution in [3.8, 4) is 0 Å². The second-order valence-corrected chi connectivity index (χ2v) is 5.30. The number of nitrogens with zero attached hydrogens (tertiary/aromatic N) is 1. The van der Waals surface area contributed by atoms with Crippen molar-refractivity contribution in [2.75, 3.05) is 20.1 Å². The molecule has 1 rings (SSSR count). The first-order chi connectivity index (χ1) is 7.80. The maximum absolute atomic E-state index is 13.3. The van der Waals surface area contributed by atoms with Crippen LogP contribution in [0.15, 0.2) is 17.0 Å². The zero-order chi connectivity index (χ0) is 13.2. The average molecular weight is 268 g/mol. The summed E-state index contributed by atoms with van der Waals surface area (Å²) in [6, 6.07) is 0.624. The number of sulfonamides is 1. The predicted molar refractivity (Wildman–Crippen MR) is 55.2 cm³/mol. The smallest absolute Gasteiger partial charge is 0.248 e. The van der Waals surface area contributed by atoms with E-state index in [4.69, 9.17) is 5.73 Å². The molecular formula is C9H11F3N2O2S. The molecule has 0 aliphatic heterocycles. The monoisotopic (exact) mass is 268 g/mol. The molecule has 8 heteroatoms. The van der Waals surface area contributed by atoms with Gasteiger partial charge in [-0.15, -0.1) is 0 Å². The van der Waals surface area contributed by atoms with Crippen molar-refractivity contribution in [3.05, 3.63) is 29.6 Å². The lowest BCUT2D eigenvalue weighted by Gasteiger charge is -2.16. The minimum absolute atomic E-state index is 0.000161. The maximum Gasteiger partial charge on any atom is 0.248 e. The first kappa shape index (κ1) is 13.9. The highest BCUT2D eigenvalue weighted by molar-refractivity contribution is 7.89. The number of benzene rings is 1. The molecule has 1 aromatic rings. The molecule has 0 amide bonds. The molecule has 17 heavy (non-hydrogen) atoms. The van der Waals surface area contributed by atoms with Gasteiger partial charge in [-0.3, -0.25) is 0 Å². The van der Waals surface area contributed by atoms with Crippen LogP contribution in [0.25, 0.3) is 0 Å². The lowest BCUT2D eigenvalue weighted by molar-refractivity contribution is 0.450. The standard InChI is InChI=1S/C9H11F3N2O2S/c1-14(3-2-13)17(15,16)9-7(11)4-6(10)5-8(9)12/h4-5H,2-3,13H2,1H3. The topological polar surface area (TPSA) is 63.4 Å². The number of likely N-dealkylation sites (N-methyl/N-ethyl adjacent to an activating group) is 1. The van der Waals surface area contributed by atoms with E-state index in [1.165, 1.54) is 0 Å². The second kappa shape index (κ2) is 5.03. The molecule has 2 N–H and O–H groups in total. The van der Waals surface area contributed by atoms with Crippen LogP contribution in [0.2, 0.25) is 0 Å². The van der Waals surface area contributed by atoms with Crippen molar-refractivity contribution in [2.24, 2.45) is 5.73 Å². The van der Waals surface area contributed by atoms with Gasteiger partial charge in [-0.2, -0.15) is 4.31 Å². The number of nitrogens with two attached hydrogens (primary N) is 1. The normalized spacial score (nSPS) is 12.1. The Balaban J connectivity index is 3.34. The number of hydrogen-bond acceptors (Lipinski definition) is 3. The predicted octanol–water partition coefficient (Wildman–Crippen LogP) is 0.683. The first-order valence-corrected chi connectivity index (χ1v) is 6.05. The van der Waals surface area contributed by atoms with Crippen LogP contribution in [0.4, 0.5) is 13.2 Å². The van der Waals surface area contributed by atoms with Crippen molar-refractivity contribution < 1.29 is 21.6 Å². The molecule has 0 bridgehead atoms. The molecule has 0 aromatic heterocycles. The van der Waals surface area contributed by atoms with Crippen LogP contribution in [0.3, 0.4) is 0 Å². The summed E-state index contributed by atoms with van der Waals surface area (Å²) in [4.78, 5) is -1.17. The van der Waals surface area contributed by atoms with Crippen LogP contribution >= 0.6 is 0 Å². The third kappa shape index (κ3) is 2.76. The van der Waals surface area contributed by atoms with Crippen LogP contribution in [0.1, 0.15) is 0 Å². The molecule has 96 valence electrons. The van der Waals surface area contributed by atoms with Gasteiger partial charge < -0.3 is 5.73 Å². The van der Waals surface area contributed by atoms with Gasteiger partial charge in [-0.1, -0.05) is 0 Å². The van der Waals surface area contributed by atoms with Crippen molar-refractivity contribution in [1.29, 1.82) is 0 Å². The Hall–Kier alpha value is -1.12. The van der Waals surface area contributed by atoms with Gasteiger partial charge in [0.05, 0.1) is 0 Å². The third-order valence-corrected chi connectivity index (χ3v) is 3.98. The lowest BCUT2D eigenvalue weighted by Crippen LogP contribution is -2.33. The third-order valence-electron chi connectivity index (χ3n) is 2.08. The zero-order valence-electron chi connectivity index (χ0n) is 8.95. The highest BCUT2D eigenvalue weighted by atomic mass is 32.2. The van der Waals surface area contributed by atoms with E-state index in [2.05, 4.69) is 0 Å². The first-order valence-electron chi connectivity index (χ1n) is 4.61. The van der Waals surface area contributed by atoms with Crippen LogP contribution in [0, 0.1) is 17.5 Å². The summed E-state index contributed by atoms with van der Waals surface area (Å²) in [5.74, 6) is -4.11. The van der Waals surface area contributed by atoms with Crippen molar-refractivity contribution in [3.63, 3.8) is 0 Å². The van der Waals surface area contributed by atoms with Gasteiger partial charge in [0.1, 0.15) is 17.5 Å². The van der Waals surface area contributed by atoms with Gasteiger partial charge in [-0.05, 0) is 0 Å². The van der Waals surface area contributed by atoms with Crippen molar-refractivity contribution in [2.45, 2.75) is 4.90 Å². The molecule has 0 spiro atoms. The number of hydrogen-bond donors (Lipinski definition) is 1. The summed E-state index contributed by atoms with van der Waals surface area (Å²) in [6.07, 6.45) is 0. The van der Waals surface area contributed by atoms with E-state index in [-0.39, 0.29) is 13.1 Å². The Kier molecular flexibility index (Phi) is 4.12. The van der Waals surface area contributed by atoms with Crippen molar-refractivity contribution >= 4 is 10.0 Å². The molecule has 0 aliphatic rings. The van der Waals surface area contributed by atoms with Gasteiger partial charge in [0.15, 0.2) is 4.90 Å². The highest BCUT2D eigenvalue weighted by Crippen LogP contribution is 2.22. The Morgan fingerprint density at radius 3 is 2.12 bits per heavy atom. The van der Waals surface area contributed by atoms with Crippen LogP contribution < -0.4 is 5.73 Å². The van der Waals surface area contributed by atoms with Crippen LogP contribution in [-0.2, 0) is 10.0 Å². The van der Waals surface area contributed by atoms with E-state index in [0.29, 0.717) is 16.4 Å². The fourth-order valence-corrected chi connectivity index (χ4v) is 2.50. The fourth-order valence-electron chi connectivity index (χ4n) is 1.23. The molecule has 0 saturated carbocycles. The molecule has 0 fully saturated rings. The minimum Gasteiger partial charge on any atom is -0.329 e. The minimum atomic E-state index is -4.34. The van der Waals surface area contributed by atoms with Crippen LogP contribution in [-0.4, -0.2) is 32.9 Å². The maximum atomic E-state index is 13.3. The Bertz CT molecular complexity index is 496. The molecule has 1 aromatic carbocycles. The van der Waals surface area contributed by atoms with E-state index in [9.17, 15) is 21.6 Å². The molecule has 0 atom stereocenters. The Morgan fingerprint density at radius 1 is 1.24 bits per heavy atom. The summed E-state index contributed by atoms with van der Waals surface area (Å²) < 4.78 is 63.4. The van der Waals surface area contributed by atoms with E-state index >= 15 is 0 Å². The van der Waals surface area contributed by atoms with E-state index in [0.717, 1.165) is 7.05 Å². The quantitative estimate of drug-likeness (QED) is 0.873. The summed E-state index contributed by atoms with van der Waals surface area (Å²) in [7, 11) is -3.21. The molecular weight excluding hydrogens is 257 g/mol. The molecule has 0 aliphatic carbocycles. The van der Waals surface area contributed by atoms with E-state index in [1.54, 1.807) is 0 Å². The molecule has 0 unspecified atom stereocenters. The van der Waals surface area contributed by atoms with Gasteiger partial charge in [-0.25, -0.2) is 21.6 Å². The summed E-state index contributed by atoms with van der Waals surface area (Å²) in [5, 5.41) is 0. The Labute approximate surface area is 96.9 Å². The summed E-state index contributed by atoms with van der Waals surface area (Å²) in [5.41, 5.74) is 5.15. The fraction of sp³-hybridized carbons (Fsp3) is 0.333. The second-order valence-electron chi connectivity index (χ2n) is 3.31. The largest absolute Gasteiger partial charge is 0.329 e. The number of halogens is 3. The Morgan fingerprint density at radius 2 is 1.71 bits per heavy atom. The molecule has 0 saturated heterocycles. The summed E-state index contributed by atoms with van der Waals surface area (Å²) >= 11 is 0.